The molecule has 0 amide bonds. The highest BCUT2D eigenvalue weighted by molar-refractivity contribution is 5.87. The molecule has 0 unspecified atom stereocenters. The maximum Gasteiger partial charge on any atom is 0.263 e. The van der Waals surface area contributed by atoms with Crippen molar-refractivity contribution in [1.29, 1.82) is 0 Å². The van der Waals surface area contributed by atoms with Gasteiger partial charge in [-0.15, -0.1) is 0 Å². The molecule has 6 rings (SSSR count). The molecule has 4 heterocycles. The highest BCUT2D eigenvalue weighted by Crippen LogP contribution is 2.40. The second-order valence-corrected chi connectivity index (χ2v) is 9.60. The van der Waals surface area contributed by atoms with E-state index in [2.05, 4.69) is 21.3 Å². The van der Waals surface area contributed by atoms with Gasteiger partial charge in [-0.1, -0.05) is 6.07 Å². The molecule has 2 fully saturated rings. The minimum atomic E-state index is -2.76. The third-order valence-electron chi connectivity index (χ3n) is 7.02. The van der Waals surface area contributed by atoms with E-state index in [0.29, 0.717) is 53.9 Å². The normalized spacial score (nSPS) is 20.4. The fourth-order valence-electron chi connectivity index (χ4n) is 4.68. The molecule has 186 valence electrons. The second kappa shape index (κ2) is 8.92. The molecular formula is C26H25F3N6O. The monoisotopic (exact) mass is 494 g/mol. The molecule has 7 nitrogen and oxygen atoms in total. The summed E-state index contributed by atoms with van der Waals surface area (Å²) in [7, 11) is 0. The lowest BCUT2D eigenvalue weighted by molar-refractivity contribution is 0.00396. The van der Waals surface area contributed by atoms with Crippen LogP contribution < -0.4 is 0 Å². The molecule has 1 saturated carbocycles. The number of hydrogen-bond acceptors (Lipinski definition) is 6. The zero-order valence-electron chi connectivity index (χ0n) is 20.0. The zero-order valence-corrected chi connectivity index (χ0v) is 20.0. The van der Waals surface area contributed by atoms with Crippen molar-refractivity contribution < 1.29 is 17.9 Å². The number of aryl methyl sites for hydroxylation is 2. The predicted octanol–water partition coefficient (Wildman–Crippen LogP) is 5.95. The fraction of sp³-hybridized carbons (Fsp3) is 0.423. The van der Waals surface area contributed by atoms with Gasteiger partial charge in [-0.25, -0.2) is 33.1 Å². The first-order valence-electron chi connectivity index (χ1n) is 12.1. The first-order valence-corrected chi connectivity index (χ1v) is 12.1. The van der Waals surface area contributed by atoms with Gasteiger partial charge in [0.25, 0.3) is 6.43 Å². The summed E-state index contributed by atoms with van der Waals surface area (Å²) in [4.78, 5) is 18.7. The number of benzene rings is 1. The summed E-state index contributed by atoms with van der Waals surface area (Å²) in [5.41, 5.74) is 3.08. The lowest BCUT2D eigenvalue weighted by atomic mass is 9.92. The maximum atomic E-state index is 15.1. The van der Waals surface area contributed by atoms with Crippen LogP contribution in [0.15, 0.2) is 30.6 Å². The van der Waals surface area contributed by atoms with Gasteiger partial charge in [0.2, 0.25) is 0 Å². The van der Waals surface area contributed by atoms with Crippen LogP contribution in [0.4, 0.5) is 13.2 Å². The largest absolute Gasteiger partial charge is 0.373 e. The number of fused-ring (bicyclic) bond motifs is 1. The van der Waals surface area contributed by atoms with Crippen LogP contribution in [0.2, 0.25) is 0 Å². The van der Waals surface area contributed by atoms with Gasteiger partial charge in [0.15, 0.2) is 5.65 Å². The summed E-state index contributed by atoms with van der Waals surface area (Å²) in [5.74, 6) is -0.311. The number of hydrogen-bond donors (Lipinski definition) is 0. The van der Waals surface area contributed by atoms with E-state index in [1.54, 1.807) is 6.92 Å². The number of ether oxygens (including phenoxy) is 1. The van der Waals surface area contributed by atoms with Gasteiger partial charge in [-0.2, -0.15) is 5.10 Å². The van der Waals surface area contributed by atoms with Gasteiger partial charge in [0.05, 0.1) is 29.7 Å². The number of rotatable bonds is 5. The Bertz CT molecular complexity index is 1450. The summed E-state index contributed by atoms with van der Waals surface area (Å²) in [6.45, 7) is 4.17. The quantitative estimate of drug-likeness (QED) is 0.341. The van der Waals surface area contributed by atoms with Crippen LogP contribution >= 0.6 is 0 Å². The van der Waals surface area contributed by atoms with E-state index in [0.717, 1.165) is 24.5 Å². The molecule has 2 aliphatic rings. The number of nitrogens with zero attached hydrogens (tertiary/aromatic N) is 6. The van der Waals surface area contributed by atoms with E-state index >= 15 is 4.39 Å². The summed E-state index contributed by atoms with van der Waals surface area (Å²) in [6, 6.07) is 3.89. The summed E-state index contributed by atoms with van der Waals surface area (Å²) in [5, 5.41) is 4.49. The Balaban J connectivity index is 1.41. The Hall–Kier alpha value is -3.40. The second-order valence-electron chi connectivity index (χ2n) is 9.60. The highest BCUT2D eigenvalue weighted by Gasteiger charge is 2.31. The lowest BCUT2D eigenvalue weighted by Crippen LogP contribution is -2.20. The van der Waals surface area contributed by atoms with E-state index < -0.39 is 12.2 Å². The van der Waals surface area contributed by atoms with E-state index in [1.807, 2.05) is 17.8 Å². The first kappa shape index (κ1) is 23.0. The number of alkyl halides is 2. The zero-order chi connectivity index (χ0) is 25.0. The van der Waals surface area contributed by atoms with Crippen molar-refractivity contribution in [3.05, 3.63) is 64.7 Å². The molecule has 36 heavy (non-hydrogen) atoms. The average molecular weight is 495 g/mol. The molecule has 1 saturated heterocycles. The molecule has 4 aromatic rings. The minimum absolute atomic E-state index is 0.0528. The Morgan fingerprint density at radius 3 is 2.58 bits per heavy atom. The summed E-state index contributed by atoms with van der Waals surface area (Å²) < 4.78 is 49.4. The molecule has 1 aliphatic heterocycles. The first-order chi connectivity index (χ1) is 17.4. The van der Waals surface area contributed by atoms with Gasteiger partial charge in [0.1, 0.15) is 22.9 Å². The van der Waals surface area contributed by atoms with Crippen LogP contribution in [-0.4, -0.2) is 36.3 Å². The smallest absolute Gasteiger partial charge is 0.263 e. The van der Waals surface area contributed by atoms with Crippen molar-refractivity contribution in [2.45, 2.75) is 64.0 Å². The molecule has 1 aliphatic carbocycles. The molecule has 0 radical (unpaired) electrons. The van der Waals surface area contributed by atoms with Crippen LogP contribution in [0, 0.1) is 19.7 Å². The highest BCUT2D eigenvalue weighted by atomic mass is 19.3. The van der Waals surface area contributed by atoms with Crippen LogP contribution in [0.3, 0.4) is 0 Å². The molecule has 0 spiro atoms. The van der Waals surface area contributed by atoms with E-state index in [1.165, 1.54) is 12.1 Å². The SMILES string of the molecule is Cc1nc2nc([C@@H]3CCO[C@H](c4cnn(C5CC5)c4)C3)nc(-c3ccc(C(F)F)cc3F)c2nc1C. The van der Waals surface area contributed by atoms with Crippen LogP contribution in [0.5, 0.6) is 0 Å². The average Bonchev–Trinajstić information content (AvgIpc) is 3.60. The topological polar surface area (TPSA) is 78.6 Å². The van der Waals surface area contributed by atoms with Gasteiger partial charge in [-0.05, 0) is 51.7 Å². The Morgan fingerprint density at radius 1 is 1.03 bits per heavy atom. The van der Waals surface area contributed by atoms with E-state index in [4.69, 9.17) is 14.7 Å². The van der Waals surface area contributed by atoms with Gasteiger partial charge in [0, 0.05) is 35.4 Å². The molecule has 1 aromatic carbocycles. The third-order valence-corrected chi connectivity index (χ3v) is 7.02. The molecule has 2 atom stereocenters. The van der Waals surface area contributed by atoms with Crippen molar-refractivity contribution in [3.63, 3.8) is 0 Å². The molecule has 0 bridgehead atoms. The van der Waals surface area contributed by atoms with E-state index in [-0.39, 0.29) is 28.8 Å². The lowest BCUT2D eigenvalue weighted by Gasteiger charge is -2.28. The van der Waals surface area contributed by atoms with Crippen molar-refractivity contribution in [2.75, 3.05) is 6.61 Å². The number of halogens is 3. The number of aromatic nitrogens is 6. The van der Waals surface area contributed by atoms with Crippen molar-refractivity contribution in [3.8, 4) is 11.3 Å². The standard InChI is InChI=1S/C26H25F3N6O/c1-13-14(2)32-26-23(31-13)22(19-6-3-15(24(28)29)9-20(19)27)33-25(34-26)16-7-8-36-21(10-16)17-11-30-35(12-17)18-4-5-18/h3,6,9,11-12,16,18,21,24H,4-5,7-8,10H2,1-2H3/t16-,21+/m1/s1. The fourth-order valence-corrected chi connectivity index (χ4v) is 4.68. The Labute approximate surface area is 205 Å². The predicted molar refractivity (Wildman–Crippen MR) is 126 cm³/mol. The maximum absolute atomic E-state index is 15.1. The Kier molecular flexibility index (Phi) is 5.70. The summed E-state index contributed by atoms with van der Waals surface area (Å²) >= 11 is 0. The van der Waals surface area contributed by atoms with Crippen LogP contribution in [0.25, 0.3) is 22.4 Å². The van der Waals surface area contributed by atoms with Crippen molar-refractivity contribution in [2.24, 2.45) is 0 Å². The van der Waals surface area contributed by atoms with Crippen LogP contribution in [-0.2, 0) is 4.74 Å². The van der Waals surface area contributed by atoms with Gasteiger partial charge in [-0.3, -0.25) is 4.68 Å². The van der Waals surface area contributed by atoms with Crippen molar-refractivity contribution in [1.82, 2.24) is 29.7 Å². The van der Waals surface area contributed by atoms with Gasteiger partial charge >= 0.3 is 0 Å². The van der Waals surface area contributed by atoms with E-state index in [9.17, 15) is 8.78 Å². The van der Waals surface area contributed by atoms with Crippen LogP contribution in [0.1, 0.15) is 78.5 Å². The minimum Gasteiger partial charge on any atom is -0.373 e. The summed E-state index contributed by atoms with van der Waals surface area (Å²) in [6.07, 6.45) is 4.64. The third kappa shape index (κ3) is 4.23. The Morgan fingerprint density at radius 2 is 1.83 bits per heavy atom. The van der Waals surface area contributed by atoms with Gasteiger partial charge < -0.3 is 4.74 Å². The molecule has 10 heteroatoms. The molecule has 0 N–H and O–H groups in total. The van der Waals surface area contributed by atoms with Crippen molar-refractivity contribution >= 4 is 11.2 Å². The molecule has 3 aromatic heterocycles. The molecular weight excluding hydrogens is 469 g/mol.